The van der Waals surface area contributed by atoms with Crippen molar-refractivity contribution in [3.8, 4) is 11.6 Å². The quantitative estimate of drug-likeness (QED) is 0.516. The SMILES string of the molecule is COc1ccc(N2C[C@@H](C(=O)NCCNc3cc(-n4ccnc4C)ncn3)CC2=O)cc1. The molecule has 10 heteroatoms. The smallest absolute Gasteiger partial charge is 0.227 e. The summed E-state index contributed by atoms with van der Waals surface area (Å²) in [6.45, 7) is 3.17. The van der Waals surface area contributed by atoms with Crippen LogP contribution in [0.2, 0.25) is 0 Å². The van der Waals surface area contributed by atoms with Crippen LogP contribution < -0.4 is 20.3 Å². The van der Waals surface area contributed by atoms with Crippen LogP contribution in [0.1, 0.15) is 12.2 Å². The molecular formula is C22H25N7O3. The highest BCUT2D eigenvalue weighted by Gasteiger charge is 2.34. The molecule has 2 amide bonds. The van der Waals surface area contributed by atoms with E-state index in [9.17, 15) is 9.59 Å². The number of amides is 2. The predicted molar refractivity (Wildman–Crippen MR) is 119 cm³/mol. The summed E-state index contributed by atoms with van der Waals surface area (Å²) < 4.78 is 7.01. The Hall–Kier alpha value is -3.95. The second-order valence-electron chi connectivity index (χ2n) is 7.43. The normalized spacial score (nSPS) is 15.6. The van der Waals surface area contributed by atoms with E-state index >= 15 is 0 Å². The van der Waals surface area contributed by atoms with Gasteiger partial charge in [0, 0.05) is 50.2 Å². The molecule has 4 rings (SSSR count). The molecule has 2 aromatic heterocycles. The largest absolute Gasteiger partial charge is 0.497 e. The fraction of sp³-hybridized carbons (Fsp3) is 0.318. The molecular weight excluding hydrogens is 410 g/mol. The number of aryl methyl sites for hydroxylation is 1. The Morgan fingerprint density at radius 1 is 1.19 bits per heavy atom. The first-order valence-corrected chi connectivity index (χ1v) is 10.3. The number of methoxy groups -OCH3 is 1. The van der Waals surface area contributed by atoms with Gasteiger partial charge in [-0.05, 0) is 31.2 Å². The first-order valence-electron chi connectivity index (χ1n) is 10.3. The minimum absolute atomic E-state index is 0.0586. The molecule has 0 saturated carbocycles. The van der Waals surface area contributed by atoms with Crippen molar-refractivity contribution in [2.75, 3.05) is 37.0 Å². The topological polar surface area (TPSA) is 114 Å². The van der Waals surface area contributed by atoms with Gasteiger partial charge in [0.15, 0.2) is 0 Å². The number of benzene rings is 1. The van der Waals surface area contributed by atoms with Gasteiger partial charge in [-0.2, -0.15) is 0 Å². The lowest BCUT2D eigenvalue weighted by atomic mass is 10.1. The van der Waals surface area contributed by atoms with Crippen LogP contribution in [0.4, 0.5) is 11.5 Å². The zero-order valence-corrected chi connectivity index (χ0v) is 18.0. The summed E-state index contributed by atoms with van der Waals surface area (Å²) in [6, 6.07) is 9.06. The lowest BCUT2D eigenvalue weighted by molar-refractivity contribution is -0.126. The Bertz CT molecular complexity index is 1100. The van der Waals surface area contributed by atoms with Crippen LogP contribution in [0, 0.1) is 12.8 Å². The third-order valence-electron chi connectivity index (χ3n) is 5.34. The fourth-order valence-corrected chi connectivity index (χ4v) is 3.61. The van der Waals surface area contributed by atoms with Crippen molar-refractivity contribution in [2.24, 2.45) is 5.92 Å². The van der Waals surface area contributed by atoms with Crippen LogP contribution in [-0.2, 0) is 9.59 Å². The van der Waals surface area contributed by atoms with E-state index in [0.29, 0.717) is 31.3 Å². The van der Waals surface area contributed by atoms with E-state index < -0.39 is 0 Å². The van der Waals surface area contributed by atoms with Gasteiger partial charge in [0.25, 0.3) is 0 Å². The van der Waals surface area contributed by atoms with Gasteiger partial charge < -0.3 is 20.3 Å². The molecule has 0 bridgehead atoms. The molecule has 1 aliphatic heterocycles. The van der Waals surface area contributed by atoms with E-state index in [1.807, 2.05) is 35.9 Å². The minimum Gasteiger partial charge on any atom is -0.497 e. The minimum atomic E-state index is -0.375. The van der Waals surface area contributed by atoms with Gasteiger partial charge in [-0.3, -0.25) is 14.2 Å². The molecule has 3 heterocycles. The van der Waals surface area contributed by atoms with Gasteiger partial charge in [0.05, 0.1) is 13.0 Å². The summed E-state index contributed by atoms with van der Waals surface area (Å²) in [5, 5.41) is 6.08. The number of nitrogens with zero attached hydrogens (tertiary/aromatic N) is 5. The maximum atomic E-state index is 12.6. The number of ether oxygens (including phenoxy) is 1. The zero-order valence-electron chi connectivity index (χ0n) is 18.0. The predicted octanol–water partition coefficient (Wildman–Crippen LogP) is 1.56. The zero-order chi connectivity index (χ0) is 22.5. The molecule has 3 aromatic rings. The summed E-state index contributed by atoms with van der Waals surface area (Å²) >= 11 is 0. The number of rotatable bonds is 8. The van der Waals surface area contributed by atoms with Crippen LogP contribution in [-0.4, -0.2) is 58.1 Å². The molecule has 10 nitrogen and oxygen atoms in total. The van der Waals surface area contributed by atoms with Crippen molar-refractivity contribution in [3.05, 3.63) is 54.9 Å². The molecule has 1 aromatic carbocycles. The number of nitrogens with one attached hydrogen (secondary N) is 2. The molecule has 0 spiro atoms. The average molecular weight is 435 g/mol. The molecule has 166 valence electrons. The molecule has 1 aliphatic rings. The number of anilines is 2. The van der Waals surface area contributed by atoms with Crippen LogP contribution in [0.25, 0.3) is 5.82 Å². The van der Waals surface area contributed by atoms with Crippen molar-refractivity contribution in [1.29, 1.82) is 0 Å². The molecule has 1 saturated heterocycles. The number of hydrogen-bond acceptors (Lipinski definition) is 7. The average Bonchev–Trinajstić information content (AvgIpc) is 3.42. The van der Waals surface area contributed by atoms with Gasteiger partial charge >= 0.3 is 0 Å². The van der Waals surface area contributed by atoms with Crippen LogP contribution in [0.3, 0.4) is 0 Å². The molecule has 1 fully saturated rings. The number of aromatic nitrogens is 4. The summed E-state index contributed by atoms with van der Waals surface area (Å²) in [5.74, 6) is 2.35. The highest BCUT2D eigenvalue weighted by atomic mass is 16.5. The maximum Gasteiger partial charge on any atom is 0.227 e. The van der Waals surface area contributed by atoms with Crippen molar-refractivity contribution >= 4 is 23.3 Å². The van der Waals surface area contributed by atoms with E-state index in [4.69, 9.17) is 4.74 Å². The van der Waals surface area contributed by atoms with Gasteiger partial charge in [-0.25, -0.2) is 15.0 Å². The summed E-state index contributed by atoms with van der Waals surface area (Å²) in [5.41, 5.74) is 0.764. The molecule has 0 unspecified atom stereocenters. The van der Waals surface area contributed by atoms with E-state index in [-0.39, 0.29) is 24.2 Å². The van der Waals surface area contributed by atoms with Gasteiger partial charge in [-0.15, -0.1) is 0 Å². The first-order chi connectivity index (χ1) is 15.5. The van der Waals surface area contributed by atoms with Gasteiger partial charge in [-0.1, -0.05) is 0 Å². The number of carbonyl (C=O) groups is 2. The second-order valence-corrected chi connectivity index (χ2v) is 7.43. The van der Waals surface area contributed by atoms with Crippen molar-refractivity contribution in [2.45, 2.75) is 13.3 Å². The molecule has 2 N–H and O–H groups in total. The van der Waals surface area contributed by atoms with Crippen LogP contribution in [0.5, 0.6) is 5.75 Å². The first kappa shape index (κ1) is 21.3. The van der Waals surface area contributed by atoms with E-state index in [0.717, 1.165) is 17.3 Å². The van der Waals surface area contributed by atoms with Crippen molar-refractivity contribution in [1.82, 2.24) is 24.8 Å². The number of imidazole rings is 1. The van der Waals surface area contributed by atoms with E-state index in [1.165, 1.54) is 6.33 Å². The Balaban J connectivity index is 1.26. The molecule has 32 heavy (non-hydrogen) atoms. The highest BCUT2D eigenvalue weighted by Crippen LogP contribution is 2.26. The Kier molecular flexibility index (Phi) is 6.29. The maximum absolute atomic E-state index is 12.6. The Morgan fingerprint density at radius 3 is 2.72 bits per heavy atom. The lowest BCUT2D eigenvalue weighted by Gasteiger charge is -2.17. The fourth-order valence-electron chi connectivity index (χ4n) is 3.61. The standard InChI is InChI=1S/C22H25N7O3/c1-15-23-9-10-28(15)20-12-19(26-14-27-20)24-7-8-25-22(31)16-11-21(30)29(13-16)17-3-5-18(32-2)6-4-17/h3-6,9-10,12,14,16H,7-8,11,13H2,1-2H3,(H,25,31)(H,24,26,27)/t16-/m0/s1. The third kappa shape index (κ3) is 4.69. The number of hydrogen-bond donors (Lipinski definition) is 2. The monoisotopic (exact) mass is 435 g/mol. The van der Waals surface area contributed by atoms with Gasteiger partial charge in [0.2, 0.25) is 11.8 Å². The summed E-state index contributed by atoms with van der Waals surface area (Å²) in [7, 11) is 1.59. The van der Waals surface area contributed by atoms with Crippen molar-refractivity contribution in [3.63, 3.8) is 0 Å². The summed E-state index contributed by atoms with van der Waals surface area (Å²) in [6.07, 6.45) is 5.22. The Labute approximate surface area is 185 Å². The van der Waals surface area contributed by atoms with Gasteiger partial charge in [0.1, 0.15) is 29.5 Å². The Morgan fingerprint density at radius 2 is 2.00 bits per heavy atom. The number of carbonyl (C=O) groups excluding carboxylic acids is 2. The highest BCUT2D eigenvalue weighted by molar-refractivity contribution is 6.00. The van der Waals surface area contributed by atoms with Crippen LogP contribution in [0.15, 0.2) is 49.1 Å². The summed E-state index contributed by atoms with van der Waals surface area (Å²) in [4.78, 5) is 39.3. The van der Waals surface area contributed by atoms with Crippen molar-refractivity contribution < 1.29 is 14.3 Å². The van der Waals surface area contributed by atoms with E-state index in [1.54, 1.807) is 30.3 Å². The lowest BCUT2D eigenvalue weighted by Crippen LogP contribution is -2.35. The molecule has 0 radical (unpaired) electrons. The van der Waals surface area contributed by atoms with E-state index in [2.05, 4.69) is 25.6 Å². The molecule has 1 atom stereocenters. The third-order valence-corrected chi connectivity index (χ3v) is 5.34. The molecule has 0 aliphatic carbocycles. The second kappa shape index (κ2) is 9.46. The van der Waals surface area contributed by atoms with Crippen LogP contribution >= 0.6 is 0 Å².